The van der Waals surface area contributed by atoms with E-state index in [2.05, 4.69) is 31.3 Å². The number of hydrogen-bond donors (Lipinski definition) is 1. The van der Waals surface area contributed by atoms with Gasteiger partial charge in [0.25, 0.3) is 0 Å². The second-order valence-corrected chi connectivity index (χ2v) is 4.81. The topological polar surface area (TPSA) is 29.1 Å². The molecule has 1 N–H and O–H groups in total. The van der Waals surface area contributed by atoms with E-state index in [0.29, 0.717) is 11.8 Å². The number of nitrogens with one attached hydrogen (secondary N) is 1. The van der Waals surface area contributed by atoms with Crippen molar-refractivity contribution in [2.24, 2.45) is 17.8 Å². The summed E-state index contributed by atoms with van der Waals surface area (Å²) in [4.78, 5) is 11.5. The summed E-state index contributed by atoms with van der Waals surface area (Å²) in [5, 5.41) is 2.94. The van der Waals surface area contributed by atoms with Gasteiger partial charge in [-0.25, -0.2) is 0 Å². The van der Waals surface area contributed by atoms with Gasteiger partial charge in [0.15, 0.2) is 0 Å². The predicted octanol–water partition coefficient (Wildman–Crippen LogP) is 2.87. The number of rotatable bonds is 3. The van der Waals surface area contributed by atoms with E-state index in [1.54, 1.807) is 0 Å². The van der Waals surface area contributed by atoms with Gasteiger partial charge in [-0.05, 0) is 24.3 Å². The highest BCUT2D eigenvalue weighted by Crippen LogP contribution is 2.22. The lowest BCUT2D eigenvalue weighted by Gasteiger charge is -2.20. The van der Waals surface area contributed by atoms with Crippen LogP contribution in [0.1, 0.15) is 34.1 Å². The number of carbonyl (C=O) groups is 1. The third-order valence-electron chi connectivity index (χ3n) is 2.75. The summed E-state index contributed by atoms with van der Waals surface area (Å²) >= 11 is 0. The van der Waals surface area contributed by atoms with Gasteiger partial charge < -0.3 is 5.32 Å². The molecule has 15 heavy (non-hydrogen) atoms. The molecule has 1 atom stereocenters. The van der Waals surface area contributed by atoms with Crippen LogP contribution in [-0.2, 0) is 4.79 Å². The molecule has 1 rings (SSSR count). The largest absolute Gasteiger partial charge is 0.326 e. The van der Waals surface area contributed by atoms with Crippen LogP contribution in [0.15, 0.2) is 23.9 Å². The van der Waals surface area contributed by atoms with Crippen molar-refractivity contribution < 1.29 is 4.79 Å². The number of carbonyl (C=O) groups excluding carboxylic acids is 1. The zero-order valence-corrected chi connectivity index (χ0v) is 10.1. The van der Waals surface area contributed by atoms with Crippen LogP contribution in [0.5, 0.6) is 0 Å². The van der Waals surface area contributed by atoms with Crippen molar-refractivity contribution in [2.45, 2.75) is 34.1 Å². The third kappa shape index (κ3) is 3.54. The zero-order valence-electron chi connectivity index (χ0n) is 10.1. The average Bonchev–Trinajstić information content (AvgIpc) is 2.18. The van der Waals surface area contributed by atoms with E-state index in [9.17, 15) is 4.79 Å². The maximum absolute atomic E-state index is 11.5. The molecule has 0 aliphatic heterocycles. The molecule has 0 fully saturated rings. The van der Waals surface area contributed by atoms with Gasteiger partial charge in [-0.3, -0.25) is 4.79 Å². The Kier molecular flexibility index (Phi) is 4.13. The second-order valence-electron chi connectivity index (χ2n) is 4.81. The van der Waals surface area contributed by atoms with E-state index >= 15 is 0 Å². The van der Waals surface area contributed by atoms with Crippen molar-refractivity contribution in [3.05, 3.63) is 23.9 Å². The molecular weight excluding hydrogens is 186 g/mol. The van der Waals surface area contributed by atoms with Crippen molar-refractivity contribution in [3.63, 3.8) is 0 Å². The van der Waals surface area contributed by atoms with Gasteiger partial charge in [-0.1, -0.05) is 39.8 Å². The van der Waals surface area contributed by atoms with Crippen molar-refractivity contribution in [1.82, 2.24) is 5.32 Å². The van der Waals surface area contributed by atoms with Crippen molar-refractivity contribution in [3.8, 4) is 0 Å². The molecular formula is C13H21NO. The summed E-state index contributed by atoms with van der Waals surface area (Å²) in [6.45, 7) is 8.23. The van der Waals surface area contributed by atoms with Gasteiger partial charge in [-0.2, -0.15) is 0 Å². The minimum Gasteiger partial charge on any atom is -0.326 e. The van der Waals surface area contributed by atoms with Crippen LogP contribution in [0.4, 0.5) is 0 Å². The fourth-order valence-electron chi connectivity index (χ4n) is 1.54. The Morgan fingerprint density at radius 1 is 1.40 bits per heavy atom. The first kappa shape index (κ1) is 12.0. The molecule has 0 saturated heterocycles. The van der Waals surface area contributed by atoms with Crippen LogP contribution in [0.2, 0.25) is 0 Å². The first-order valence-corrected chi connectivity index (χ1v) is 5.70. The van der Waals surface area contributed by atoms with E-state index < -0.39 is 0 Å². The predicted molar refractivity (Wildman–Crippen MR) is 63.1 cm³/mol. The maximum Gasteiger partial charge on any atom is 0.226 e. The smallest absolute Gasteiger partial charge is 0.226 e. The van der Waals surface area contributed by atoms with Gasteiger partial charge in [0.2, 0.25) is 5.91 Å². The molecule has 0 aromatic rings. The van der Waals surface area contributed by atoms with E-state index in [0.717, 1.165) is 12.1 Å². The molecule has 0 saturated carbocycles. The van der Waals surface area contributed by atoms with Gasteiger partial charge in [0.1, 0.15) is 0 Å². The fourth-order valence-corrected chi connectivity index (χ4v) is 1.54. The summed E-state index contributed by atoms with van der Waals surface area (Å²) in [6, 6.07) is 0. The molecule has 1 aliphatic carbocycles. The lowest BCUT2D eigenvalue weighted by atomic mass is 9.89. The van der Waals surface area contributed by atoms with E-state index in [4.69, 9.17) is 0 Å². The van der Waals surface area contributed by atoms with Crippen LogP contribution >= 0.6 is 0 Å². The Morgan fingerprint density at radius 3 is 2.60 bits per heavy atom. The van der Waals surface area contributed by atoms with Crippen LogP contribution in [-0.4, -0.2) is 5.91 Å². The summed E-state index contributed by atoms with van der Waals surface area (Å²) in [7, 11) is 0. The highest BCUT2D eigenvalue weighted by Gasteiger charge is 2.15. The zero-order chi connectivity index (χ0) is 11.4. The van der Waals surface area contributed by atoms with E-state index in [-0.39, 0.29) is 11.8 Å². The minimum atomic E-state index is 0.0405. The van der Waals surface area contributed by atoms with Crippen LogP contribution < -0.4 is 5.32 Å². The Balaban J connectivity index is 2.62. The molecule has 1 aliphatic rings. The quantitative estimate of drug-likeness (QED) is 0.757. The van der Waals surface area contributed by atoms with Crippen molar-refractivity contribution >= 4 is 5.91 Å². The molecule has 0 spiro atoms. The summed E-state index contributed by atoms with van der Waals surface area (Å²) in [5.41, 5.74) is 0.957. The number of hydrogen-bond acceptors (Lipinski definition) is 1. The highest BCUT2D eigenvalue weighted by molar-refractivity contribution is 5.80. The molecule has 0 heterocycles. The Morgan fingerprint density at radius 2 is 2.07 bits per heavy atom. The normalized spacial score (nSPS) is 20.7. The number of amides is 1. The fraction of sp³-hybridized carbons (Fsp3) is 0.615. The maximum atomic E-state index is 11.5. The van der Waals surface area contributed by atoms with Gasteiger partial charge in [0, 0.05) is 11.6 Å². The Bertz CT molecular complexity index is 287. The summed E-state index contributed by atoms with van der Waals surface area (Å²) < 4.78 is 0. The SMILES string of the molecule is CC(C)C(=O)NC1=CC(C(C)C)CC=C1. The second kappa shape index (κ2) is 5.15. The molecule has 0 bridgehead atoms. The third-order valence-corrected chi connectivity index (χ3v) is 2.75. The van der Waals surface area contributed by atoms with E-state index in [1.807, 2.05) is 19.9 Å². The molecule has 1 unspecified atom stereocenters. The number of allylic oxidation sites excluding steroid dienone is 3. The highest BCUT2D eigenvalue weighted by atomic mass is 16.1. The molecule has 2 nitrogen and oxygen atoms in total. The van der Waals surface area contributed by atoms with Gasteiger partial charge in [0.05, 0.1) is 0 Å². The Hall–Kier alpha value is -1.05. The standard InChI is InChI=1S/C13H21NO/c1-9(2)11-6-5-7-12(8-11)14-13(15)10(3)4/h5,7-11H,6H2,1-4H3,(H,14,15). The lowest BCUT2D eigenvalue weighted by Crippen LogP contribution is -2.28. The van der Waals surface area contributed by atoms with Gasteiger partial charge in [-0.15, -0.1) is 0 Å². The average molecular weight is 207 g/mol. The summed E-state index contributed by atoms with van der Waals surface area (Å²) in [5.74, 6) is 1.31. The molecule has 0 aromatic heterocycles. The van der Waals surface area contributed by atoms with Crippen molar-refractivity contribution in [2.75, 3.05) is 0 Å². The van der Waals surface area contributed by atoms with Crippen molar-refractivity contribution in [1.29, 1.82) is 0 Å². The first-order chi connectivity index (χ1) is 7.00. The molecule has 2 heteroatoms. The Labute approximate surface area is 92.4 Å². The van der Waals surface area contributed by atoms with Crippen LogP contribution in [0.25, 0.3) is 0 Å². The molecule has 1 amide bonds. The first-order valence-electron chi connectivity index (χ1n) is 5.70. The minimum absolute atomic E-state index is 0.0405. The monoisotopic (exact) mass is 207 g/mol. The molecule has 0 radical (unpaired) electrons. The lowest BCUT2D eigenvalue weighted by molar-refractivity contribution is -0.123. The van der Waals surface area contributed by atoms with Crippen LogP contribution in [0, 0.1) is 17.8 Å². The van der Waals surface area contributed by atoms with E-state index in [1.165, 1.54) is 0 Å². The van der Waals surface area contributed by atoms with Crippen LogP contribution in [0.3, 0.4) is 0 Å². The van der Waals surface area contributed by atoms with Gasteiger partial charge >= 0.3 is 0 Å². The molecule has 0 aromatic carbocycles. The molecule has 84 valence electrons. The summed E-state index contributed by atoms with van der Waals surface area (Å²) in [6.07, 6.45) is 7.39.